The minimum atomic E-state index is -3.66. The first-order chi connectivity index (χ1) is 15.3. The van der Waals surface area contributed by atoms with Crippen LogP contribution in [0.5, 0.6) is 0 Å². The highest BCUT2D eigenvalue weighted by Crippen LogP contribution is 2.17. The maximum Gasteiger partial charge on any atom is 0.244 e. The number of furan rings is 1. The van der Waals surface area contributed by atoms with Gasteiger partial charge in [-0.1, -0.05) is 42.5 Å². The van der Waals surface area contributed by atoms with Crippen LogP contribution in [0.15, 0.2) is 88.4 Å². The van der Waals surface area contributed by atoms with E-state index in [0.717, 1.165) is 11.1 Å². The van der Waals surface area contributed by atoms with E-state index in [9.17, 15) is 13.2 Å². The molecule has 8 heteroatoms. The molecule has 0 bridgehead atoms. The first kappa shape index (κ1) is 23.5. The number of sulfonamides is 1. The lowest BCUT2D eigenvalue weighted by Gasteiger charge is -2.24. The number of likely N-dealkylation sites (N-methyl/N-ethyl adjacent to an activating group) is 1. The van der Waals surface area contributed by atoms with E-state index in [1.165, 1.54) is 24.5 Å². The molecule has 0 saturated heterocycles. The first-order valence-corrected chi connectivity index (χ1v) is 11.6. The van der Waals surface area contributed by atoms with E-state index in [-0.39, 0.29) is 23.4 Å². The van der Waals surface area contributed by atoms with E-state index < -0.39 is 10.0 Å². The highest BCUT2D eigenvalue weighted by molar-refractivity contribution is 7.89. The minimum Gasteiger partial charge on any atom is -0.468 e. The number of benzene rings is 2. The van der Waals surface area contributed by atoms with Crippen molar-refractivity contribution in [3.63, 3.8) is 0 Å². The molecule has 0 fully saturated rings. The normalized spacial score (nSPS) is 12.8. The smallest absolute Gasteiger partial charge is 0.244 e. The Balaban J connectivity index is 1.55. The van der Waals surface area contributed by atoms with Gasteiger partial charge in [-0.05, 0) is 55.6 Å². The number of carbonyl (C=O) groups is 1. The van der Waals surface area contributed by atoms with E-state index in [4.69, 9.17) is 4.42 Å². The van der Waals surface area contributed by atoms with E-state index in [2.05, 4.69) is 14.9 Å². The molecule has 1 amide bonds. The number of hydrogen-bond donors (Lipinski definition) is 2. The second-order valence-corrected chi connectivity index (χ2v) is 9.21. The van der Waals surface area contributed by atoms with E-state index >= 15 is 0 Å². The fraction of sp³-hybridized carbons (Fsp3) is 0.208. The molecule has 1 atom stereocenters. The van der Waals surface area contributed by atoms with E-state index in [1.807, 2.05) is 44.4 Å². The molecule has 1 aromatic heterocycles. The van der Waals surface area contributed by atoms with Gasteiger partial charge in [0.2, 0.25) is 15.9 Å². The second-order valence-electron chi connectivity index (χ2n) is 7.44. The van der Waals surface area contributed by atoms with Crippen molar-refractivity contribution in [2.75, 3.05) is 20.6 Å². The van der Waals surface area contributed by atoms with Crippen molar-refractivity contribution in [2.24, 2.45) is 0 Å². The Hall–Kier alpha value is -3.20. The lowest BCUT2D eigenvalue weighted by Crippen LogP contribution is -2.33. The number of nitrogens with zero attached hydrogens (tertiary/aromatic N) is 1. The monoisotopic (exact) mass is 453 g/mol. The van der Waals surface area contributed by atoms with Gasteiger partial charge in [-0.25, -0.2) is 13.1 Å². The molecule has 3 aromatic rings. The van der Waals surface area contributed by atoms with Crippen molar-refractivity contribution in [3.8, 4) is 0 Å². The van der Waals surface area contributed by atoms with Gasteiger partial charge < -0.3 is 14.6 Å². The molecule has 0 radical (unpaired) electrons. The van der Waals surface area contributed by atoms with Gasteiger partial charge in [-0.15, -0.1) is 0 Å². The van der Waals surface area contributed by atoms with Crippen LogP contribution in [0, 0.1) is 0 Å². The van der Waals surface area contributed by atoms with Gasteiger partial charge in [-0.2, -0.15) is 0 Å². The zero-order valence-corrected chi connectivity index (χ0v) is 18.9. The molecule has 0 aliphatic heterocycles. The molecule has 2 N–H and O–H groups in total. The first-order valence-electron chi connectivity index (χ1n) is 10.1. The Labute approximate surface area is 188 Å². The summed E-state index contributed by atoms with van der Waals surface area (Å²) in [7, 11) is 0.287. The van der Waals surface area contributed by atoms with Crippen molar-refractivity contribution < 1.29 is 17.6 Å². The second kappa shape index (κ2) is 10.9. The zero-order chi connectivity index (χ0) is 23.0. The van der Waals surface area contributed by atoms with Gasteiger partial charge in [0.15, 0.2) is 0 Å². The highest BCUT2D eigenvalue weighted by atomic mass is 32.2. The van der Waals surface area contributed by atoms with Gasteiger partial charge >= 0.3 is 0 Å². The maximum atomic E-state index is 12.4. The van der Waals surface area contributed by atoms with Crippen LogP contribution in [0.3, 0.4) is 0 Å². The molecule has 0 aliphatic carbocycles. The zero-order valence-electron chi connectivity index (χ0n) is 18.1. The van der Waals surface area contributed by atoms with Gasteiger partial charge in [0, 0.05) is 12.6 Å². The third kappa shape index (κ3) is 6.65. The summed E-state index contributed by atoms with van der Waals surface area (Å²) in [5.41, 5.74) is 1.84. The summed E-state index contributed by atoms with van der Waals surface area (Å²) < 4.78 is 32.4. The SMILES string of the molecule is CN(C)C(CNC(=O)C=Cc1ccc(S(=O)(=O)NCc2ccco2)cc1)c1ccccc1. The third-order valence-corrected chi connectivity index (χ3v) is 6.33. The Kier molecular flexibility index (Phi) is 7.99. The van der Waals surface area contributed by atoms with Crippen LogP contribution in [0.2, 0.25) is 0 Å². The summed E-state index contributed by atoms with van der Waals surface area (Å²) in [6.45, 7) is 0.548. The molecule has 7 nitrogen and oxygen atoms in total. The molecule has 0 saturated carbocycles. The lowest BCUT2D eigenvalue weighted by atomic mass is 10.1. The summed E-state index contributed by atoms with van der Waals surface area (Å²) in [5, 5.41) is 2.92. The van der Waals surface area contributed by atoms with Crippen LogP contribution in [0.1, 0.15) is 22.9 Å². The molecule has 0 spiro atoms. The van der Waals surface area contributed by atoms with Crippen LogP contribution in [-0.2, 0) is 21.4 Å². The lowest BCUT2D eigenvalue weighted by molar-refractivity contribution is -0.116. The van der Waals surface area contributed by atoms with Crippen LogP contribution in [0.25, 0.3) is 6.08 Å². The van der Waals surface area contributed by atoms with Crippen molar-refractivity contribution in [3.05, 3.63) is 96.0 Å². The summed E-state index contributed by atoms with van der Waals surface area (Å²) in [6.07, 6.45) is 4.58. The van der Waals surface area contributed by atoms with Gasteiger partial charge in [0.25, 0.3) is 0 Å². The molecule has 3 rings (SSSR count). The summed E-state index contributed by atoms with van der Waals surface area (Å²) in [4.78, 5) is 14.5. The van der Waals surface area contributed by atoms with E-state index in [1.54, 1.807) is 30.3 Å². The topological polar surface area (TPSA) is 91.7 Å². The number of carbonyl (C=O) groups excluding carboxylic acids is 1. The quantitative estimate of drug-likeness (QED) is 0.460. The summed E-state index contributed by atoms with van der Waals surface area (Å²) >= 11 is 0. The Morgan fingerprint density at radius 3 is 2.38 bits per heavy atom. The van der Waals surface area contributed by atoms with Crippen LogP contribution >= 0.6 is 0 Å². The molecular formula is C24H27N3O4S. The number of amides is 1. The van der Waals surface area contributed by atoms with Gasteiger partial charge in [-0.3, -0.25) is 4.79 Å². The fourth-order valence-electron chi connectivity index (χ4n) is 3.12. The van der Waals surface area contributed by atoms with Crippen LogP contribution < -0.4 is 10.0 Å². The molecule has 32 heavy (non-hydrogen) atoms. The Morgan fingerprint density at radius 2 is 1.75 bits per heavy atom. The van der Waals surface area contributed by atoms with Crippen LogP contribution in [-0.4, -0.2) is 39.9 Å². The van der Waals surface area contributed by atoms with E-state index in [0.29, 0.717) is 12.3 Å². The Bertz CT molecular complexity index is 1120. The average molecular weight is 454 g/mol. The van der Waals surface area contributed by atoms with Gasteiger partial charge in [0.05, 0.1) is 23.7 Å². The highest BCUT2D eigenvalue weighted by Gasteiger charge is 2.15. The fourth-order valence-corrected chi connectivity index (χ4v) is 4.12. The molecule has 1 heterocycles. The predicted molar refractivity (Wildman–Crippen MR) is 124 cm³/mol. The third-order valence-electron chi connectivity index (χ3n) is 4.91. The number of hydrogen-bond acceptors (Lipinski definition) is 5. The predicted octanol–water partition coefficient (Wildman–Crippen LogP) is 3.19. The largest absolute Gasteiger partial charge is 0.468 e. The molecule has 1 unspecified atom stereocenters. The molecule has 0 aliphatic rings. The molecular weight excluding hydrogens is 426 g/mol. The van der Waals surface area contributed by atoms with Gasteiger partial charge in [0.1, 0.15) is 5.76 Å². The van der Waals surface area contributed by atoms with Crippen molar-refractivity contribution in [1.82, 2.24) is 14.9 Å². The maximum absolute atomic E-state index is 12.4. The molecule has 2 aromatic carbocycles. The summed E-state index contributed by atoms with van der Waals surface area (Å²) in [5.74, 6) is 0.313. The van der Waals surface area contributed by atoms with Crippen molar-refractivity contribution in [1.29, 1.82) is 0 Å². The summed E-state index contributed by atoms with van der Waals surface area (Å²) in [6, 6.07) is 19.7. The van der Waals surface area contributed by atoms with Crippen molar-refractivity contribution in [2.45, 2.75) is 17.5 Å². The molecule has 168 valence electrons. The minimum absolute atomic E-state index is 0.0618. The standard InChI is InChI=1S/C24H27N3O4S/c1-27(2)23(20-7-4-3-5-8-20)18-25-24(28)15-12-19-10-13-22(14-11-19)32(29,30)26-17-21-9-6-16-31-21/h3-16,23,26H,17-18H2,1-2H3,(H,25,28). The average Bonchev–Trinajstić information content (AvgIpc) is 3.31. The number of rotatable bonds is 10. The van der Waals surface area contributed by atoms with Crippen LogP contribution in [0.4, 0.5) is 0 Å². The Morgan fingerprint density at radius 1 is 1.03 bits per heavy atom. The number of nitrogens with one attached hydrogen (secondary N) is 2. The van der Waals surface area contributed by atoms with Crippen molar-refractivity contribution >= 4 is 22.0 Å².